The van der Waals surface area contributed by atoms with Crippen molar-refractivity contribution in [2.75, 3.05) is 10.7 Å². The molecule has 0 saturated carbocycles. The first kappa shape index (κ1) is 20.3. The van der Waals surface area contributed by atoms with E-state index in [0.717, 1.165) is 49.9 Å². The van der Waals surface area contributed by atoms with Crippen molar-refractivity contribution in [3.63, 3.8) is 0 Å². The van der Waals surface area contributed by atoms with Gasteiger partial charge in [-0.15, -0.1) is 0 Å². The van der Waals surface area contributed by atoms with Gasteiger partial charge in [0.2, 0.25) is 11.0 Å². The van der Waals surface area contributed by atoms with E-state index in [4.69, 9.17) is 11.6 Å². The Kier molecular flexibility index (Phi) is 6.31. The number of nitrogens with zero attached hydrogens (tertiary/aromatic N) is 2. The topological polar surface area (TPSA) is 66.4 Å². The van der Waals surface area contributed by atoms with E-state index in [2.05, 4.69) is 27.8 Å². The second-order valence-electron chi connectivity index (χ2n) is 6.72. The number of benzene rings is 2. The van der Waals surface area contributed by atoms with Crippen molar-refractivity contribution in [1.82, 2.24) is 4.98 Å². The van der Waals surface area contributed by atoms with Crippen LogP contribution in [0.2, 0.25) is 5.02 Å². The summed E-state index contributed by atoms with van der Waals surface area (Å²) in [4.78, 5) is 17.1. The molecule has 0 bridgehead atoms. The first-order valence-electron chi connectivity index (χ1n) is 9.11. The van der Waals surface area contributed by atoms with E-state index >= 15 is 0 Å². The number of halogens is 1. The highest BCUT2D eigenvalue weighted by atomic mass is 35.5. The number of thiazole rings is 1. The van der Waals surface area contributed by atoms with Crippen molar-refractivity contribution < 1.29 is 4.79 Å². The molecule has 0 fully saturated rings. The molecule has 0 atom stereocenters. The Labute approximate surface area is 173 Å². The van der Waals surface area contributed by atoms with Crippen LogP contribution in [-0.2, 0) is 11.2 Å². The number of aromatic nitrogens is 1. The number of rotatable bonds is 6. The number of hydrogen-bond donors (Lipinski definition) is 2. The zero-order valence-electron chi connectivity index (χ0n) is 16.4. The molecule has 0 aliphatic heterocycles. The number of hydrogen-bond acceptors (Lipinski definition) is 5. The largest absolute Gasteiger partial charge is 0.325 e. The molecule has 3 aromatic rings. The third-order valence-electron chi connectivity index (χ3n) is 4.51. The van der Waals surface area contributed by atoms with E-state index in [1.165, 1.54) is 11.3 Å². The molecule has 0 spiro atoms. The first-order chi connectivity index (χ1) is 13.4. The van der Waals surface area contributed by atoms with E-state index in [-0.39, 0.29) is 5.91 Å². The monoisotopic (exact) mass is 414 g/mol. The standard InChI is InChI=1S/C21H23ClN4OS/c1-5-13(3)25-26-21-23-17-10-12(2)19(14(4)20(17)28-21)24-18(27)11-15-6-8-16(22)9-7-15/h6-10H,5,11H2,1-4H3,(H,23,26)(H,24,27)/b25-13+. The summed E-state index contributed by atoms with van der Waals surface area (Å²) in [6, 6.07) is 9.32. The lowest BCUT2D eigenvalue weighted by molar-refractivity contribution is -0.115. The molecule has 1 heterocycles. The minimum Gasteiger partial charge on any atom is -0.325 e. The van der Waals surface area contributed by atoms with E-state index < -0.39 is 0 Å². The normalized spacial score (nSPS) is 11.7. The van der Waals surface area contributed by atoms with Crippen LogP contribution >= 0.6 is 22.9 Å². The summed E-state index contributed by atoms with van der Waals surface area (Å²) in [5, 5.41) is 8.79. The van der Waals surface area contributed by atoms with Gasteiger partial charge in [-0.25, -0.2) is 4.98 Å². The highest BCUT2D eigenvalue weighted by molar-refractivity contribution is 7.22. The van der Waals surface area contributed by atoms with Crippen molar-refractivity contribution in [1.29, 1.82) is 0 Å². The number of hydrazone groups is 1. The summed E-state index contributed by atoms with van der Waals surface area (Å²) >= 11 is 7.44. The zero-order chi connectivity index (χ0) is 20.3. The van der Waals surface area contributed by atoms with Crippen LogP contribution in [0.15, 0.2) is 35.4 Å². The van der Waals surface area contributed by atoms with Crippen LogP contribution in [-0.4, -0.2) is 16.6 Å². The van der Waals surface area contributed by atoms with E-state index in [1.54, 1.807) is 12.1 Å². The number of amides is 1. The maximum Gasteiger partial charge on any atom is 0.228 e. The Morgan fingerprint density at radius 1 is 1.25 bits per heavy atom. The van der Waals surface area contributed by atoms with Crippen molar-refractivity contribution in [3.8, 4) is 0 Å². The Morgan fingerprint density at radius 3 is 2.64 bits per heavy atom. The van der Waals surface area contributed by atoms with E-state index in [0.29, 0.717) is 11.4 Å². The van der Waals surface area contributed by atoms with Gasteiger partial charge in [0.05, 0.1) is 16.6 Å². The van der Waals surface area contributed by atoms with Crippen LogP contribution in [0, 0.1) is 13.8 Å². The Bertz CT molecular complexity index is 1040. The molecule has 2 N–H and O–H groups in total. The number of fused-ring (bicyclic) bond motifs is 1. The van der Waals surface area contributed by atoms with E-state index in [9.17, 15) is 4.79 Å². The average molecular weight is 415 g/mol. The summed E-state index contributed by atoms with van der Waals surface area (Å²) in [7, 11) is 0. The lowest BCUT2D eigenvalue weighted by Crippen LogP contribution is -2.16. The molecule has 0 radical (unpaired) electrons. The van der Waals surface area contributed by atoms with Gasteiger partial charge in [0.15, 0.2) is 0 Å². The maximum absolute atomic E-state index is 12.5. The molecule has 2 aromatic carbocycles. The predicted molar refractivity (Wildman–Crippen MR) is 120 cm³/mol. The molecular weight excluding hydrogens is 392 g/mol. The number of aryl methyl sites for hydroxylation is 2. The Morgan fingerprint density at radius 2 is 1.96 bits per heavy atom. The van der Waals surface area contributed by atoms with Gasteiger partial charge >= 0.3 is 0 Å². The molecule has 146 valence electrons. The maximum atomic E-state index is 12.5. The molecule has 28 heavy (non-hydrogen) atoms. The van der Waals surface area contributed by atoms with Gasteiger partial charge < -0.3 is 5.32 Å². The quantitative estimate of drug-likeness (QED) is 0.387. The molecule has 3 rings (SSSR count). The lowest BCUT2D eigenvalue weighted by atomic mass is 10.1. The van der Waals surface area contributed by atoms with Crippen LogP contribution in [0.25, 0.3) is 10.2 Å². The zero-order valence-corrected chi connectivity index (χ0v) is 18.0. The Hall–Kier alpha value is -2.44. The summed E-state index contributed by atoms with van der Waals surface area (Å²) in [6.07, 6.45) is 1.19. The summed E-state index contributed by atoms with van der Waals surface area (Å²) in [6.45, 7) is 8.03. The van der Waals surface area contributed by atoms with Crippen molar-refractivity contribution in [2.24, 2.45) is 5.10 Å². The smallest absolute Gasteiger partial charge is 0.228 e. The van der Waals surface area contributed by atoms with Gasteiger partial charge in [-0.2, -0.15) is 5.10 Å². The van der Waals surface area contributed by atoms with Crippen LogP contribution in [0.3, 0.4) is 0 Å². The van der Waals surface area contributed by atoms with Crippen LogP contribution in [0.5, 0.6) is 0 Å². The molecule has 0 unspecified atom stereocenters. The fraction of sp³-hybridized carbons (Fsp3) is 0.286. The van der Waals surface area contributed by atoms with Gasteiger partial charge in [-0.3, -0.25) is 10.2 Å². The van der Waals surface area contributed by atoms with E-state index in [1.807, 2.05) is 39.0 Å². The Balaban J connectivity index is 1.82. The fourth-order valence-electron chi connectivity index (χ4n) is 2.82. The molecule has 0 aliphatic carbocycles. The highest BCUT2D eigenvalue weighted by Gasteiger charge is 2.15. The number of carbonyl (C=O) groups is 1. The second-order valence-corrected chi connectivity index (χ2v) is 8.16. The molecule has 1 amide bonds. The third-order valence-corrected chi connectivity index (χ3v) is 5.86. The van der Waals surface area contributed by atoms with Crippen molar-refractivity contribution in [2.45, 2.75) is 40.5 Å². The first-order valence-corrected chi connectivity index (χ1v) is 10.3. The summed E-state index contributed by atoms with van der Waals surface area (Å²) < 4.78 is 1.04. The van der Waals surface area contributed by atoms with Gasteiger partial charge in [0, 0.05) is 16.4 Å². The molecule has 1 aromatic heterocycles. The van der Waals surface area contributed by atoms with Crippen LogP contribution < -0.4 is 10.7 Å². The third kappa shape index (κ3) is 4.69. The van der Waals surface area contributed by atoms with Gasteiger partial charge in [-0.05, 0) is 62.1 Å². The molecular formula is C21H23ClN4OS. The van der Waals surface area contributed by atoms with Crippen LogP contribution in [0.1, 0.15) is 37.0 Å². The van der Waals surface area contributed by atoms with Gasteiger partial charge in [0.1, 0.15) is 0 Å². The van der Waals surface area contributed by atoms with Crippen LogP contribution in [0.4, 0.5) is 10.8 Å². The fourth-order valence-corrected chi connectivity index (χ4v) is 3.84. The minimum atomic E-state index is -0.0566. The van der Waals surface area contributed by atoms with Gasteiger partial charge in [0.25, 0.3) is 0 Å². The van der Waals surface area contributed by atoms with Gasteiger partial charge in [-0.1, -0.05) is 42.0 Å². The summed E-state index contributed by atoms with van der Waals surface area (Å²) in [5.41, 5.74) is 8.71. The SMILES string of the molecule is CC/C(C)=N/Nc1nc2cc(C)c(NC(=O)Cc3ccc(Cl)cc3)c(C)c2s1. The number of carbonyl (C=O) groups excluding carboxylic acids is 1. The van der Waals surface area contributed by atoms with Crippen molar-refractivity contribution >= 4 is 55.6 Å². The second kappa shape index (κ2) is 8.71. The molecule has 5 nitrogen and oxygen atoms in total. The summed E-state index contributed by atoms with van der Waals surface area (Å²) in [5.74, 6) is -0.0566. The predicted octanol–water partition coefficient (Wildman–Crippen LogP) is 5.95. The minimum absolute atomic E-state index is 0.0566. The molecule has 0 aliphatic rings. The number of anilines is 2. The number of nitrogens with one attached hydrogen (secondary N) is 2. The average Bonchev–Trinajstić information content (AvgIpc) is 3.08. The molecule has 7 heteroatoms. The molecule has 0 saturated heterocycles. The highest BCUT2D eigenvalue weighted by Crippen LogP contribution is 2.35. The van der Waals surface area contributed by atoms with Crippen molar-refractivity contribution in [3.05, 3.63) is 52.0 Å². The lowest BCUT2D eigenvalue weighted by Gasteiger charge is -2.12.